The number of methoxy groups -OCH3 is 1. The van der Waals surface area contributed by atoms with Crippen LogP contribution in [-0.2, 0) is 27.2 Å². The zero-order chi connectivity index (χ0) is 19.2. The van der Waals surface area contributed by atoms with Crippen LogP contribution in [0.2, 0.25) is 0 Å². The number of benzene rings is 1. The van der Waals surface area contributed by atoms with Crippen LogP contribution >= 0.6 is 23.1 Å². The van der Waals surface area contributed by atoms with E-state index in [0.717, 1.165) is 25.0 Å². The predicted molar refractivity (Wildman–Crippen MR) is 104 cm³/mol. The number of rotatable bonds is 7. The van der Waals surface area contributed by atoms with E-state index in [-0.39, 0.29) is 17.6 Å². The topological polar surface area (TPSA) is 90.4 Å². The average molecular weight is 408 g/mol. The molecule has 9 heteroatoms. The first-order chi connectivity index (χ1) is 13.1. The third-order valence-electron chi connectivity index (χ3n) is 4.20. The van der Waals surface area contributed by atoms with Gasteiger partial charge in [0.2, 0.25) is 5.13 Å². The first-order valence-corrected chi connectivity index (χ1v) is 10.5. The summed E-state index contributed by atoms with van der Waals surface area (Å²) in [7, 11) is 1.33. The molecule has 1 heterocycles. The minimum absolute atomic E-state index is 0.151. The van der Waals surface area contributed by atoms with Crippen molar-refractivity contribution in [1.29, 1.82) is 0 Å². The Kier molecular flexibility index (Phi) is 6.68. The Hall–Kier alpha value is -2.13. The summed E-state index contributed by atoms with van der Waals surface area (Å²) in [5.41, 5.74) is 2.52. The van der Waals surface area contributed by atoms with Crippen molar-refractivity contribution in [2.45, 2.75) is 43.1 Å². The predicted octanol–water partition coefficient (Wildman–Crippen LogP) is 3.09. The third kappa shape index (κ3) is 5.20. The molecule has 2 aromatic rings. The normalized spacial score (nSPS) is 14.1. The van der Waals surface area contributed by atoms with Crippen LogP contribution in [-0.4, -0.2) is 41.0 Å². The van der Waals surface area contributed by atoms with E-state index in [0.29, 0.717) is 9.47 Å². The molecule has 0 spiro atoms. The van der Waals surface area contributed by atoms with Crippen LogP contribution in [0.5, 0.6) is 5.75 Å². The molecule has 0 aliphatic heterocycles. The first-order valence-electron chi connectivity index (χ1n) is 8.68. The van der Waals surface area contributed by atoms with E-state index in [2.05, 4.69) is 26.3 Å². The van der Waals surface area contributed by atoms with E-state index in [1.54, 1.807) is 6.92 Å². The van der Waals surface area contributed by atoms with Gasteiger partial charge in [-0.05, 0) is 49.8 Å². The maximum atomic E-state index is 12.4. The van der Waals surface area contributed by atoms with E-state index in [9.17, 15) is 9.59 Å². The molecule has 1 aromatic carbocycles. The molecule has 3 rings (SSSR count). The first kappa shape index (κ1) is 19.6. The van der Waals surface area contributed by atoms with Gasteiger partial charge < -0.3 is 9.47 Å². The highest BCUT2D eigenvalue weighted by Crippen LogP contribution is 2.30. The summed E-state index contributed by atoms with van der Waals surface area (Å²) in [4.78, 5) is 23.6. The van der Waals surface area contributed by atoms with E-state index < -0.39 is 6.10 Å². The Morgan fingerprint density at radius 1 is 1.30 bits per heavy atom. The van der Waals surface area contributed by atoms with Crippen molar-refractivity contribution < 1.29 is 19.1 Å². The van der Waals surface area contributed by atoms with E-state index in [1.165, 1.54) is 47.8 Å². The standard InChI is InChI=1S/C18H21N3O4S2/c1-11(25-14-9-5-7-12-6-3-4-8-13(12)14)16(23)19-17-20-21-18(27-17)26-10-15(22)24-2/h5,7,9,11H,3-4,6,8,10H2,1-2H3,(H,19,20,23)/t11-/m1/s1. The van der Waals surface area contributed by atoms with Crippen LogP contribution in [0.1, 0.15) is 30.9 Å². The number of ether oxygens (including phenoxy) is 2. The van der Waals surface area contributed by atoms with E-state index in [4.69, 9.17) is 4.74 Å². The maximum absolute atomic E-state index is 12.4. The molecule has 144 valence electrons. The second-order valence-corrected chi connectivity index (χ2v) is 8.29. The third-order valence-corrected chi connectivity index (χ3v) is 6.15. The van der Waals surface area contributed by atoms with Gasteiger partial charge in [-0.1, -0.05) is 35.2 Å². The summed E-state index contributed by atoms with van der Waals surface area (Å²) in [5.74, 6) is 0.303. The summed E-state index contributed by atoms with van der Waals surface area (Å²) in [6.45, 7) is 1.71. The van der Waals surface area contributed by atoms with Crippen molar-refractivity contribution in [3.63, 3.8) is 0 Å². The highest BCUT2D eigenvalue weighted by atomic mass is 32.2. The molecule has 1 aromatic heterocycles. The Balaban J connectivity index is 1.57. The number of amides is 1. The number of hydrogen-bond acceptors (Lipinski definition) is 8. The van der Waals surface area contributed by atoms with Crippen molar-refractivity contribution in [3.8, 4) is 5.75 Å². The Labute approximate surface area is 165 Å². The summed E-state index contributed by atoms with van der Waals surface area (Å²) >= 11 is 2.42. The van der Waals surface area contributed by atoms with Gasteiger partial charge in [0.25, 0.3) is 5.91 Å². The number of aromatic nitrogens is 2. The van der Waals surface area contributed by atoms with Gasteiger partial charge in [0, 0.05) is 0 Å². The van der Waals surface area contributed by atoms with Gasteiger partial charge in [-0.25, -0.2) is 0 Å². The summed E-state index contributed by atoms with van der Waals surface area (Å²) < 4.78 is 11.1. The molecule has 27 heavy (non-hydrogen) atoms. The number of anilines is 1. The second-order valence-electron chi connectivity index (χ2n) is 6.09. The number of fused-ring (bicyclic) bond motifs is 1. The van der Waals surface area contributed by atoms with Crippen molar-refractivity contribution >= 4 is 40.1 Å². The quantitative estimate of drug-likeness (QED) is 0.428. The van der Waals surface area contributed by atoms with Crippen LogP contribution in [0.4, 0.5) is 5.13 Å². The van der Waals surface area contributed by atoms with Crippen LogP contribution in [0.3, 0.4) is 0 Å². The number of thioether (sulfide) groups is 1. The number of aryl methyl sites for hydroxylation is 1. The highest BCUT2D eigenvalue weighted by Gasteiger charge is 2.20. The van der Waals surface area contributed by atoms with Crippen LogP contribution < -0.4 is 10.1 Å². The lowest BCUT2D eigenvalue weighted by Gasteiger charge is -2.21. The highest BCUT2D eigenvalue weighted by molar-refractivity contribution is 8.01. The molecule has 1 amide bonds. The van der Waals surface area contributed by atoms with Crippen LogP contribution in [0.25, 0.3) is 0 Å². The largest absolute Gasteiger partial charge is 0.481 e. The average Bonchev–Trinajstić information content (AvgIpc) is 3.13. The van der Waals surface area contributed by atoms with Gasteiger partial charge in [0.1, 0.15) is 5.75 Å². The fourth-order valence-electron chi connectivity index (χ4n) is 2.81. The van der Waals surface area contributed by atoms with Gasteiger partial charge in [0.15, 0.2) is 10.4 Å². The van der Waals surface area contributed by atoms with Crippen LogP contribution in [0.15, 0.2) is 22.5 Å². The fourth-order valence-corrected chi connectivity index (χ4v) is 4.39. The summed E-state index contributed by atoms with van der Waals surface area (Å²) in [6, 6.07) is 6.01. The zero-order valence-electron chi connectivity index (χ0n) is 15.2. The lowest BCUT2D eigenvalue weighted by molar-refractivity contribution is -0.137. The molecular formula is C18H21N3O4S2. The molecule has 0 bridgehead atoms. The molecule has 1 aliphatic rings. The molecule has 1 N–H and O–H groups in total. The van der Waals surface area contributed by atoms with Gasteiger partial charge >= 0.3 is 5.97 Å². The SMILES string of the molecule is COC(=O)CSc1nnc(NC(=O)[C@@H](C)Oc2cccc3c2CCCC3)s1. The lowest BCUT2D eigenvalue weighted by Crippen LogP contribution is -2.30. The number of carbonyl (C=O) groups excluding carboxylic acids is 2. The summed E-state index contributed by atoms with van der Waals surface area (Å²) in [6.07, 6.45) is 3.72. The molecule has 0 radical (unpaired) electrons. The molecule has 7 nitrogen and oxygen atoms in total. The molecule has 0 saturated heterocycles. The number of hydrogen-bond donors (Lipinski definition) is 1. The monoisotopic (exact) mass is 407 g/mol. The smallest absolute Gasteiger partial charge is 0.316 e. The second kappa shape index (κ2) is 9.18. The van der Waals surface area contributed by atoms with Gasteiger partial charge in [-0.15, -0.1) is 10.2 Å². The maximum Gasteiger partial charge on any atom is 0.316 e. The zero-order valence-corrected chi connectivity index (χ0v) is 16.8. The summed E-state index contributed by atoms with van der Waals surface area (Å²) in [5, 5.41) is 11.0. The number of nitrogens with zero attached hydrogens (tertiary/aromatic N) is 2. The van der Waals surface area contributed by atoms with E-state index >= 15 is 0 Å². The van der Waals surface area contributed by atoms with Gasteiger partial charge in [-0.3, -0.25) is 14.9 Å². The molecule has 0 saturated carbocycles. The number of nitrogens with one attached hydrogen (secondary N) is 1. The Bertz CT molecular complexity index is 825. The molecule has 0 unspecified atom stereocenters. The number of esters is 1. The van der Waals surface area contributed by atoms with Crippen molar-refractivity contribution in [2.75, 3.05) is 18.2 Å². The van der Waals surface area contributed by atoms with Crippen molar-refractivity contribution in [3.05, 3.63) is 29.3 Å². The van der Waals surface area contributed by atoms with Crippen molar-refractivity contribution in [2.24, 2.45) is 0 Å². The minimum Gasteiger partial charge on any atom is -0.481 e. The van der Waals surface area contributed by atoms with Gasteiger partial charge in [-0.2, -0.15) is 0 Å². The Morgan fingerprint density at radius 2 is 2.11 bits per heavy atom. The van der Waals surface area contributed by atoms with Gasteiger partial charge in [0.05, 0.1) is 12.9 Å². The van der Waals surface area contributed by atoms with Crippen molar-refractivity contribution in [1.82, 2.24) is 10.2 Å². The molecular weight excluding hydrogens is 386 g/mol. The minimum atomic E-state index is -0.659. The van der Waals surface area contributed by atoms with Crippen LogP contribution in [0, 0.1) is 0 Å². The molecule has 1 atom stereocenters. The Morgan fingerprint density at radius 3 is 2.93 bits per heavy atom. The number of carbonyl (C=O) groups is 2. The lowest BCUT2D eigenvalue weighted by atomic mass is 9.91. The van der Waals surface area contributed by atoms with E-state index in [1.807, 2.05) is 12.1 Å². The molecule has 1 aliphatic carbocycles. The molecule has 0 fully saturated rings. The fraction of sp³-hybridized carbons (Fsp3) is 0.444.